The maximum absolute atomic E-state index is 12.5. The molecule has 3 rings (SSSR count). The zero-order valence-electron chi connectivity index (χ0n) is 12.3. The summed E-state index contributed by atoms with van der Waals surface area (Å²) in [7, 11) is 0. The van der Waals surface area contributed by atoms with Crippen LogP contribution in [-0.2, 0) is 4.79 Å². The molecule has 0 spiro atoms. The highest BCUT2D eigenvalue weighted by molar-refractivity contribution is 6.34. The number of benzene rings is 1. The highest BCUT2D eigenvalue weighted by Crippen LogP contribution is 2.28. The zero-order valence-corrected chi connectivity index (χ0v) is 13.0. The molecule has 0 radical (unpaired) electrons. The fourth-order valence-corrected chi connectivity index (χ4v) is 3.15. The Hall–Kier alpha value is -1.85. The van der Waals surface area contributed by atoms with Gasteiger partial charge in [0.2, 0.25) is 5.91 Å². The van der Waals surface area contributed by atoms with Crippen LogP contribution in [0, 0.1) is 11.8 Å². The van der Waals surface area contributed by atoms with E-state index in [2.05, 4.69) is 22.5 Å². The number of H-pyrrole nitrogens is 1. The number of carbonyl (C=O) groups is 1. The van der Waals surface area contributed by atoms with E-state index in [0.717, 1.165) is 24.9 Å². The van der Waals surface area contributed by atoms with Gasteiger partial charge in [0.1, 0.15) is 0 Å². The number of aromatic amines is 1. The highest BCUT2D eigenvalue weighted by Gasteiger charge is 2.28. The molecule has 0 aliphatic carbocycles. The van der Waals surface area contributed by atoms with Crippen molar-refractivity contribution < 1.29 is 4.79 Å². The molecule has 22 heavy (non-hydrogen) atoms. The number of piperidine rings is 1. The average molecular weight is 320 g/mol. The van der Waals surface area contributed by atoms with Crippen molar-refractivity contribution in [3.63, 3.8) is 0 Å². The van der Waals surface area contributed by atoms with Crippen molar-refractivity contribution in [3.05, 3.63) is 39.8 Å². The van der Waals surface area contributed by atoms with Crippen LogP contribution >= 0.6 is 11.6 Å². The van der Waals surface area contributed by atoms with E-state index in [1.165, 1.54) is 0 Å². The van der Waals surface area contributed by atoms with Crippen molar-refractivity contribution >= 4 is 34.0 Å². The number of carbonyl (C=O) groups excluding carboxylic acids is 1. The number of halogens is 1. The summed E-state index contributed by atoms with van der Waals surface area (Å²) in [5.41, 5.74) is 0.361. The summed E-state index contributed by atoms with van der Waals surface area (Å²) >= 11 is 6.21. The Kier molecular flexibility index (Phi) is 4.18. The van der Waals surface area contributed by atoms with Crippen LogP contribution in [0.25, 0.3) is 10.8 Å². The topological polar surface area (TPSA) is 74.0 Å². The number of pyridine rings is 1. The smallest absolute Gasteiger partial charge is 0.255 e. The van der Waals surface area contributed by atoms with Crippen LogP contribution in [0.5, 0.6) is 0 Å². The standard InChI is InChI=1S/C16H18ClN3O2/c1-9-8-18-4-3-11(9)16(22)20-14-6-10-2-5-19-15(21)12(10)7-13(14)17/h2,5-7,9,11,18H,3-4,8H2,1H3,(H,19,21)(H,20,22)/t9-,11?/m0/s1. The molecule has 0 saturated carbocycles. The van der Waals surface area contributed by atoms with Crippen molar-refractivity contribution in [2.24, 2.45) is 11.8 Å². The van der Waals surface area contributed by atoms with Gasteiger partial charge in [-0.1, -0.05) is 18.5 Å². The van der Waals surface area contributed by atoms with Crippen molar-refractivity contribution in [3.8, 4) is 0 Å². The number of aromatic nitrogens is 1. The lowest BCUT2D eigenvalue weighted by Crippen LogP contribution is -2.40. The fraction of sp³-hybridized carbons (Fsp3) is 0.375. The predicted molar refractivity (Wildman–Crippen MR) is 88.3 cm³/mol. The van der Waals surface area contributed by atoms with Gasteiger partial charge in [-0.2, -0.15) is 0 Å². The SMILES string of the molecule is C[C@H]1CNCCC1C(=O)Nc1cc2cc[nH]c(=O)c2cc1Cl. The molecule has 2 heterocycles. The maximum Gasteiger partial charge on any atom is 0.255 e. The van der Waals surface area contributed by atoms with Crippen molar-refractivity contribution in [2.75, 3.05) is 18.4 Å². The predicted octanol–water partition coefficient (Wildman–Crippen LogP) is 2.37. The van der Waals surface area contributed by atoms with Gasteiger partial charge < -0.3 is 15.6 Å². The van der Waals surface area contributed by atoms with Crippen LogP contribution in [0.3, 0.4) is 0 Å². The molecule has 5 nitrogen and oxygen atoms in total. The Morgan fingerprint density at radius 2 is 2.23 bits per heavy atom. The molecular formula is C16H18ClN3O2. The van der Waals surface area contributed by atoms with E-state index in [0.29, 0.717) is 16.1 Å². The van der Waals surface area contributed by atoms with E-state index in [1.54, 1.807) is 24.4 Å². The molecule has 2 atom stereocenters. The fourth-order valence-electron chi connectivity index (χ4n) is 2.93. The normalized spacial score (nSPS) is 21.7. The molecule has 1 fully saturated rings. The summed E-state index contributed by atoms with van der Waals surface area (Å²) in [6.07, 6.45) is 2.40. The van der Waals surface area contributed by atoms with E-state index < -0.39 is 0 Å². The minimum atomic E-state index is -0.191. The van der Waals surface area contributed by atoms with Gasteiger partial charge in [-0.05, 0) is 49.0 Å². The van der Waals surface area contributed by atoms with Crippen LogP contribution in [0.1, 0.15) is 13.3 Å². The van der Waals surface area contributed by atoms with Crippen LogP contribution in [-0.4, -0.2) is 24.0 Å². The van der Waals surface area contributed by atoms with Gasteiger partial charge in [-0.3, -0.25) is 9.59 Å². The van der Waals surface area contributed by atoms with Gasteiger partial charge in [-0.15, -0.1) is 0 Å². The Labute approximate surface area is 133 Å². The molecule has 3 N–H and O–H groups in total. The summed E-state index contributed by atoms with van der Waals surface area (Å²) in [5, 5.41) is 7.83. The van der Waals surface area contributed by atoms with Crippen LogP contribution in [0.2, 0.25) is 5.02 Å². The van der Waals surface area contributed by atoms with Crippen LogP contribution in [0.15, 0.2) is 29.2 Å². The van der Waals surface area contributed by atoms with E-state index in [-0.39, 0.29) is 23.3 Å². The van der Waals surface area contributed by atoms with Crippen molar-refractivity contribution in [1.29, 1.82) is 0 Å². The van der Waals surface area contributed by atoms with Gasteiger partial charge in [0.05, 0.1) is 10.7 Å². The third-order valence-corrected chi connectivity index (χ3v) is 4.55. The number of amides is 1. The molecule has 1 aliphatic rings. The number of hydrogen-bond acceptors (Lipinski definition) is 3. The summed E-state index contributed by atoms with van der Waals surface area (Å²) in [6, 6.07) is 5.13. The molecule has 1 unspecified atom stereocenters. The lowest BCUT2D eigenvalue weighted by molar-refractivity contribution is -0.122. The lowest BCUT2D eigenvalue weighted by atomic mass is 9.87. The molecule has 6 heteroatoms. The molecule has 2 aromatic rings. The number of anilines is 1. The highest BCUT2D eigenvalue weighted by atomic mass is 35.5. The third kappa shape index (κ3) is 2.87. The minimum absolute atomic E-state index is 0.0138. The van der Waals surface area contributed by atoms with E-state index in [1.807, 2.05) is 0 Å². The largest absolute Gasteiger partial charge is 0.329 e. The quantitative estimate of drug-likeness (QED) is 0.795. The number of nitrogens with one attached hydrogen (secondary N) is 3. The number of rotatable bonds is 2. The summed E-state index contributed by atoms with van der Waals surface area (Å²) < 4.78 is 0. The first-order chi connectivity index (χ1) is 10.6. The van der Waals surface area contributed by atoms with Crippen LogP contribution in [0.4, 0.5) is 5.69 Å². The molecule has 0 bridgehead atoms. The maximum atomic E-state index is 12.5. The number of fused-ring (bicyclic) bond motifs is 1. The van der Waals surface area contributed by atoms with Crippen molar-refractivity contribution in [2.45, 2.75) is 13.3 Å². The van der Waals surface area contributed by atoms with E-state index in [4.69, 9.17) is 11.6 Å². The Bertz CT molecular complexity index is 772. The first-order valence-corrected chi connectivity index (χ1v) is 7.76. The Morgan fingerprint density at radius 1 is 1.41 bits per heavy atom. The second-order valence-corrected chi connectivity index (χ2v) is 6.20. The second-order valence-electron chi connectivity index (χ2n) is 5.79. The first-order valence-electron chi connectivity index (χ1n) is 7.39. The van der Waals surface area contributed by atoms with Gasteiger partial charge in [-0.25, -0.2) is 0 Å². The summed E-state index contributed by atoms with van der Waals surface area (Å²) in [5.74, 6) is 0.253. The molecule has 116 valence electrons. The Morgan fingerprint density at radius 3 is 3.00 bits per heavy atom. The molecule has 1 amide bonds. The van der Waals surface area contributed by atoms with Gasteiger partial charge in [0.25, 0.3) is 5.56 Å². The van der Waals surface area contributed by atoms with E-state index >= 15 is 0 Å². The van der Waals surface area contributed by atoms with Gasteiger partial charge in [0.15, 0.2) is 0 Å². The van der Waals surface area contributed by atoms with Gasteiger partial charge in [0, 0.05) is 17.5 Å². The summed E-state index contributed by atoms with van der Waals surface area (Å²) in [4.78, 5) is 26.8. The van der Waals surface area contributed by atoms with E-state index in [9.17, 15) is 9.59 Å². The van der Waals surface area contributed by atoms with Crippen molar-refractivity contribution in [1.82, 2.24) is 10.3 Å². The molecule has 1 aliphatic heterocycles. The van der Waals surface area contributed by atoms with Gasteiger partial charge >= 0.3 is 0 Å². The second kappa shape index (κ2) is 6.10. The minimum Gasteiger partial charge on any atom is -0.329 e. The monoisotopic (exact) mass is 319 g/mol. The molecule has 1 saturated heterocycles. The van der Waals surface area contributed by atoms with Crippen LogP contribution < -0.4 is 16.2 Å². The lowest BCUT2D eigenvalue weighted by Gasteiger charge is -2.28. The zero-order chi connectivity index (χ0) is 15.7. The molecule has 1 aromatic heterocycles. The number of hydrogen-bond donors (Lipinski definition) is 3. The average Bonchev–Trinajstić information content (AvgIpc) is 2.49. The third-order valence-electron chi connectivity index (χ3n) is 4.24. The molecule has 1 aromatic carbocycles. The Balaban J connectivity index is 1.88. The molecular weight excluding hydrogens is 302 g/mol. The first kappa shape index (κ1) is 15.1. The summed E-state index contributed by atoms with van der Waals surface area (Å²) in [6.45, 7) is 3.76.